The van der Waals surface area contributed by atoms with Crippen LogP contribution in [0, 0.1) is 0 Å². The summed E-state index contributed by atoms with van der Waals surface area (Å²) in [6.07, 6.45) is 3.99. The van der Waals surface area contributed by atoms with Crippen molar-refractivity contribution in [1.82, 2.24) is 4.90 Å². The van der Waals surface area contributed by atoms with Gasteiger partial charge in [0.15, 0.2) is 0 Å². The van der Waals surface area contributed by atoms with Gasteiger partial charge in [-0.15, -0.1) is 0 Å². The van der Waals surface area contributed by atoms with Gasteiger partial charge in [-0.25, -0.2) is 0 Å². The van der Waals surface area contributed by atoms with Gasteiger partial charge in [-0.2, -0.15) is 0 Å². The third kappa shape index (κ3) is 3.21. The number of hydrogen-bond donors (Lipinski definition) is 1. The molecule has 3 heteroatoms. The summed E-state index contributed by atoms with van der Waals surface area (Å²) < 4.78 is 0. The van der Waals surface area contributed by atoms with Crippen LogP contribution in [-0.2, 0) is 0 Å². The highest BCUT2D eigenvalue weighted by molar-refractivity contribution is 6.30. The first kappa shape index (κ1) is 11.9. The summed E-state index contributed by atoms with van der Waals surface area (Å²) in [4.78, 5) is 2.46. The van der Waals surface area contributed by atoms with Gasteiger partial charge in [0.25, 0.3) is 0 Å². The molecule has 2 N–H and O–H groups in total. The molecule has 0 aliphatic carbocycles. The number of benzene rings is 1. The van der Waals surface area contributed by atoms with Gasteiger partial charge < -0.3 is 10.6 Å². The normalized spacial score (nSPS) is 19.6. The molecule has 0 unspecified atom stereocenters. The summed E-state index contributed by atoms with van der Waals surface area (Å²) >= 11 is 5.86. The summed E-state index contributed by atoms with van der Waals surface area (Å²) in [5.41, 5.74) is 7.37. The predicted octanol–water partition coefficient (Wildman–Crippen LogP) is 2.83. The van der Waals surface area contributed by atoms with Crippen LogP contribution < -0.4 is 5.73 Å². The fourth-order valence-electron chi connectivity index (χ4n) is 2.24. The Balaban J connectivity index is 1.91. The summed E-state index contributed by atoms with van der Waals surface area (Å²) in [6.45, 7) is 3.35. The molecule has 1 fully saturated rings. The lowest BCUT2D eigenvalue weighted by atomic mass is 10.1. The van der Waals surface area contributed by atoms with Crippen molar-refractivity contribution in [3.8, 4) is 0 Å². The molecule has 1 saturated heterocycles. The van der Waals surface area contributed by atoms with Gasteiger partial charge in [-0.3, -0.25) is 0 Å². The summed E-state index contributed by atoms with van der Waals surface area (Å²) in [7, 11) is 0. The molecule has 88 valence electrons. The lowest BCUT2D eigenvalue weighted by Crippen LogP contribution is -2.36. The molecular weight excluding hydrogens is 220 g/mol. The fourth-order valence-corrected chi connectivity index (χ4v) is 2.36. The fraction of sp³-hybridized carbons (Fsp3) is 0.538. The number of piperidine rings is 1. The summed E-state index contributed by atoms with van der Waals surface area (Å²) in [5.74, 6) is 0. The van der Waals surface area contributed by atoms with E-state index in [9.17, 15) is 0 Å². The molecule has 1 heterocycles. The molecule has 2 nitrogen and oxygen atoms in total. The van der Waals surface area contributed by atoms with E-state index < -0.39 is 0 Å². The van der Waals surface area contributed by atoms with Crippen molar-refractivity contribution in [3.05, 3.63) is 34.9 Å². The maximum atomic E-state index is 6.19. The molecule has 1 aliphatic heterocycles. The van der Waals surface area contributed by atoms with Crippen LogP contribution in [0.25, 0.3) is 0 Å². The largest absolute Gasteiger partial charge is 0.323 e. The van der Waals surface area contributed by atoms with Crippen molar-refractivity contribution in [3.63, 3.8) is 0 Å². The van der Waals surface area contributed by atoms with Gasteiger partial charge in [0.2, 0.25) is 0 Å². The average molecular weight is 239 g/mol. The monoisotopic (exact) mass is 238 g/mol. The molecule has 0 amide bonds. The Morgan fingerprint density at radius 3 is 2.38 bits per heavy atom. The minimum Gasteiger partial charge on any atom is -0.323 e. The molecule has 1 aromatic rings. The van der Waals surface area contributed by atoms with Gasteiger partial charge in [-0.05, 0) is 43.6 Å². The van der Waals surface area contributed by atoms with Gasteiger partial charge in [0, 0.05) is 17.6 Å². The van der Waals surface area contributed by atoms with Gasteiger partial charge in [-0.1, -0.05) is 30.2 Å². The number of likely N-dealkylation sites (tertiary alicyclic amines) is 1. The zero-order valence-corrected chi connectivity index (χ0v) is 10.3. The minimum atomic E-state index is 0.107. The van der Waals surface area contributed by atoms with E-state index in [0.29, 0.717) is 0 Å². The van der Waals surface area contributed by atoms with Crippen LogP contribution in [0.5, 0.6) is 0 Å². The zero-order chi connectivity index (χ0) is 11.4. The van der Waals surface area contributed by atoms with Gasteiger partial charge in [0.05, 0.1) is 0 Å². The zero-order valence-electron chi connectivity index (χ0n) is 9.53. The van der Waals surface area contributed by atoms with Crippen LogP contribution in [0.3, 0.4) is 0 Å². The molecular formula is C13H19ClN2. The lowest BCUT2D eigenvalue weighted by Gasteiger charge is -2.29. The molecule has 1 aromatic carbocycles. The average Bonchev–Trinajstić information content (AvgIpc) is 2.31. The molecule has 0 bridgehead atoms. The van der Waals surface area contributed by atoms with Crippen molar-refractivity contribution in [2.24, 2.45) is 5.73 Å². The van der Waals surface area contributed by atoms with Crippen molar-refractivity contribution in [1.29, 1.82) is 0 Å². The van der Waals surface area contributed by atoms with E-state index in [2.05, 4.69) is 4.90 Å². The highest BCUT2D eigenvalue weighted by Crippen LogP contribution is 2.17. The molecule has 1 atom stereocenters. The van der Waals surface area contributed by atoms with Gasteiger partial charge >= 0.3 is 0 Å². The Morgan fingerprint density at radius 1 is 1.12 bits per heavy atom. The highest BCUT2D eigenvalue weighted by Gasteiger charge is 2.14. The van der Waals surface area contributed by atoms with E-state index in [-0.39, 0.29) is 6.04 Å². The third-order valence-corrected chi connectivity index (χ3v) is 3.45. The highest BCUT2D eigenvalue weighted by atomic mass is 35.5. The molecule has 0 spiro atoms. The van der Waals surface area contributed by atoms with E-state index in [1.165, 1.54) is 37.9 Å². The third-order valence-electron chi connectivity index (χ3n) is 3.20. The van der Waals surface area contributed by atoms with Crippen LogP contribution in [0.15, 0.2) is 24.3 Å². The quantitative estimate of drug-likeness (QED) is 0.878. The number of hydrogen-bond acceptors (Lipinski definition) is 2. The summed E-state index contributed by atoms with van der Waals surface area (Å²) in [6, 6.07) is 7.98. The predicted molar refractivity (Wildman–Crippen MR) is 68.7 cm³/mol. The maximum Gasteiger partial charge on any atom is 0.0424 e. The molecule has 16 heavy (non-hydrogen) atoms. The standard InChI is InChI=1S/C13H19ClN2/c14-12-6-4-11(5-7-12)13(15)10-16-8-2-1-3-9-16/h4-7,13H,1-3,8-10,15H2/t13-/m0/s1. The Hall–Kier alpha value is -0.570. The van der Waals surface area contributed by atoms with Gasteiger partial charge in [0.1, 0.15) is 0 Å². The van der Waals surface area contributed by atoms with Crippen molar-refractivity contribution in [2.45, 2.75) is 25.3 Å². The van der Waals surface area contributed by atoms with Crippen LogP contribution in [0.2, 0.25) is 5.02 Å². The van der Waals surface area contributed by atoms with Crippen molar-refractivity contribution >= 4 is 11.6 Å². The first-order valence-corrected chi connectivity index (χ1v) is 6.37. The Kier molecular flexibility index (Phi) is 4.22. The second kappa shape index (κ2) is 5.67. The second-order valence-electron chi connectivity index (χ2n) is 4.52. The van der Waals surface area contributed by atoms with E-state index in [1.807, 2.05) is 24.3 Å². The Morgan fingerprint density at radius 2 is 1.75 bits per heavy atom. The number of nitrogens with two attached hydrogens (primary N) is 1. The maximum absolute atomic E-state index is 6.19. The van der Waals surface area contributed by atoms with E-state index in [1.54, 1.807) is 0 Å². The molecule has 2 rings (SSSR count). The van der Waals surface area contributed by atoms with Crippen molar-refractivity contribution < 1.29 is 0 Å². The molecule has 0 aromatic heterocycles. The smallest absolute Gasteiger partial charge is 0.0424 e. The number of halogens is 1. The van der Waals surface area contributed by atoms with Crippen LogP contribution >= 0.6 is 11.6 Å². The van der Waals surface area contributed by atoms with Crippen LogP contribution in [0.1, 0.15) is 30.9 Å². The minimum absolute atomic E-state index is 0.107. The van der Waals surface area contributed by atoms with E-state index in [0.717, 1.165) is 11.6 Å². The number of nitrogens with zero attached hydrogens (tertiary/aromatic N) is 1. The van der Waals surface area contributed by atoms with Crippen LogP contribution in [-0.4, -0.2) is 24.5 Å². The summed E-state index contributed by atoms with van der Waals surface area (Å²) in [5, 5.41) is 0.772. The Labute approximate surface area is 102 Å². The topological polar surface area (TPSA) is 29.3 Å². The molecule has 0 saturated carbocycles. The first-order valence-electron chi connectivity index (χ1n) is 5.99. The number of rotatable bonds is 3. The van der Waals surface area contributed by atoms with Crippen molar-refractivity contribution in [2.75, 3.05) is 19.6 Å². The molecule has 0 radical (unpaired) electrons. The van der Waals surface area contributed by atoms with E-state index >= 15 is 0 Å². The second-order valence-corrected chi connectivity index (χ2v) is 4.96. The van der Waals surface area contributed by atoms with Crippen LogP contribution in [0.4, 0.5) is 0 Å². The lowest BCUT2D eigenvalue weighted by molar-refractivity contribution is 0.216. The van der Waals surface area contributed by atoms with E-state index in [4.69, 9.17) is 17.3 Å². The first-order chi connectivity index (χ1) is 7.75. The Bertz CT molecular complexity index is 317. The molecule has 1 aliphatic rings. The SMILES string of the molecule is N[C@@H](CN1CCCCC1)c1ccc(Cl)cc1.